The summed E-state index contributed by atoms with van der Waals surface area (Å²) in [7, 11) is 0. The van der Waals surface area contributed by atoms with Crippen LogP contribution in [0.1, 0.15) is 38.7 Å². The van der Waals surface area contributed by atoms with Crippen LogP contribution in [-0.2, 0) is 9.53 Å². The Labute approximate surface area is 190 Å². The molecule has 0 spiro atoms. The summed E-state index contributed by atoms with van der Waals surface area (Å²) in [5.74, 6) is 0.814. The van der Waals surface area contributed by atoms with Gasteiger partial charge in [0.1, 0.15) is 0 Å². The van der Waals surface area contributed by atoms with E-state index in [4.69, 9.17) is 16.3 Å². The van der Waals surface area contributed by atoms with Crippen LogP contribution in [0.2, 0.25) is 5.02 Å². The first-order valence-electron chi connectivity index (χ1n) is 9.75. The van der Waals surface area contributed by atoms with E-state index in [1.165, 1.54) is 0 Å². The molecule has 1 amide bonds. The second-order valence-corrected chi connectivity index (χ2v) is 7.00. The molecule has 6 nitrogen and oxygen atoms in total. The van der Waals surface area contributed by atoms with Crippen molar-refractivity contribution in [2.24, 2.45) is 4.99 Å². The Balaban J connectivity index is 0.00000392. The van der Waals surface area contributed by atoms with E-state index in [0.29, 0.717) is 24.1 Å². The second kappa shape index (κ2) is 13.2. The topological polar surface area (TPSA) is 66.0 Å². The monoisotopic (exact) mass is 522 g/mol. The average Bonchev–Trinajstić information content (AvgIpc) is 2.66. The van der Waals surface area contributed by atoms with E-state index in [1.807, 2.05) is 32.0 Å². The molecule has 0 saturated carbocycles. The molecular formula is C20H32ClIN4O2. The molecule has 1 aliphatic heterocycles. The summed E-state index contributed by atoms with van der Waals surface area (Å²) in [6.07, 6.45) is 2.69. The molecule has 1 aliphatic rings. The highest BCUT2D eigenvalue weighted by Gasteiger charge is 2.21. The van der Waals surface area contributed by atoms with Crippen molar-refractivity contribution >= 4 is 53.1 Å². The zero-order chi connectivity index (χ0) is 19.6. The highest BCUT2D eigenvalue weighted by atomic mass is 127. The van der Waals surface area contributed by atoms with Crippen molar-refractivity contribution in [1.82, 2.24) is 10.2 Å². The minimum absolute atomic E-state index is 0. The van der Waals surface area contributed by atoms with Gasteiger partial charge in [0.05, 0.1) is 12.6 Å². The Bertz CT molecular complexity index is 649. The Hall–Kier alpha value is -1.06. The van der Waals surface area contributed by atoms with E-state index in [1.54, 1.807) is 0 Å². The van der Waals surface area contributed by atoms with Crippen molar-refractivity contribution in [3.05, 3.63) is 28.8 Å². The maximum absolute atomic E-state index is 12.2. The summed E-state index contributed by atoms with van der Waals surface area (Å²) < 4.78 is 5.71. The van der Waals surface area contributed by atoms with Crippen LogP contribution in [0.5, 0.6) is 0 Å². The molecule has 0 unspecified atom stereocenters. The van der Waals surface area contributed by atoms with Gasteiger partial charge in [0.15, 0.2) is 5.96 Å². The molecule has 1 saturated heterocycles. The number of halogens is 2. The number of amides is 1. The molecule has 2 rings (SSSR count). The van der Waals surface area contributed by atoms with E-state index in [2.05, 4.69) is 27.4 Å². The molecule has 2 N–H and O–H groups in total. The number of likely N-dealkylation sites (tertiary alicyclic amines) is 1. The van der Waals surface area contributed by atoms with Gasteiger partial charge in [-0.05, 0) is 51.3 Å². The zero-order valence-corrected chi connectivity index (χ0v) is 20.0. The predicted molar refractivity (Wildman–Crippen MR) is 127 cm³/mol. The number of benzene rings is 1. The van der Waals surface area contributed by atoms with Gasteiger partial charge in [-0.2, -0.15) is 0 Å². The van der Waals surface area contributed by atoms with E-state index in [-0.39, 0.29) is 29.9 Å². The average molecular weight is 523 g/mol. The molecule has 0 aromatic heterocycles. The smallest absolute Gasteiger partial charge is 0.226 e. The number of aliphatic imine (C=N–C) groups is 1. The number of guanidine groups is 1. The molecule has 0 bridgehead atoms. The minimum Gasteiger partial charge on any atom is -0.378 e. The number of carbonyl (C=O) groups excluding carboxylic acids is 1. The molecule has 0 radical (unpaired) electrons. The summed E-state index contributed by atoms with van der Waals surface area (Å²) in [5, 5.41) is 6.89. The molecule has 1 heterocycles. The summed E-state index contributed by atoms with van der Waals surface area (Å²) in [5.41, 5.74) is 1.63. The van der Waals surface area contributed by atoms with E-state index in [0.717, 1.165) is 56.3 Å². The van der Waals surface area contributed by atoms with Crippen molar-refractivity contribution in [3.63, 3.8) is 0 Å². The van der Waals surface area contributed by atoms with E-state index < -0.39 is 0 Å². The van der Waals surface area contributed by atoms with Gasteiger partial charge >= 0.3 is 0 Å². The van der Waals surface area contributed by atoms with Crippen molar-refractivity contribution in [2.45, 2.75) is 46.1 Å². The number of nitrogens with zero attached hydrogens (tertiary/aromatic N) is 2. The Morgan fingerprint density at radius 1 is 1.32 bits per heavy atom. The van der Waals surface area contributed by atoms with Crippen molar-refractivity contribution in [3.8, 4) is 0 Å². The van der Waals surface area contributed by atoms with Gasteiger partial charge in [-0.1, -0.05) is 17.7 Å². The van der Waals surface area contributed by atoms with E-state index in [9.17, 15) is 4.79 Å². The normalized spacial score (nSPS) is 15.1. The first kappa shape index (κ1) is 25.0. The Morgan fingerprint density at radius 3 is 2.68 bits per heavy atom. The van der Waals surface area contributed by atoms with Gasteiger partial charge in [0.25, 0.3) is 0 Å². The van der Waals surface area contributed by atoms with Gasteiger partial charge in [-0.3, -0.25) is 9.79 Å². The van der Waals surface area contributed by atoms with Gasteiger partial charge < -0.3 is 20.3 Å². The first-order valence-corrected chi connectivity index (χ1v) is 10.1. The van der Waals surface area contributed by atoms with Gasteiger partial charge in [0, 0.05) is 43.4 Å². The third-order valence-corrected chi connectivity index (χ3v) is 5.03. The quantitative estimate of drug-likeness (QED) is 0.322. The number of hydrogen-bond donors (Lipinski definition) is 2. The summed E-state index contributed by atoms with van der Waals surface area (Å²) >= 11 is 6.10. The lowest BCUT2D eigenvalue weighted by molar-refractivity contribution is -0.116. The van der Waals surface area contributed by atoms with Crippen molar-refractivity contribution in [2.75, 3.05) is 38.1 Å². The van der Waals surface area contributed by atoms with Crippen LogP contribution in [0.15, 0.2) is 23.2 Å². The minimum atomic E-state index is -0.0602. The fourth-order valence-electron chi connectivity index (χ4n) is 3.11. The summed E-state index contributed by atoms with van der Waals surface area (Å²) in [6, 6.07) is 5.50. The third-order valence-electron chi connectivity index (χ3n) is 4.62. The molecule has 1 aromatic rings. The predicted octanol–water partition coefficient (Wildman–Crippen LogP) is 4.06. The standard InChI is InChI=1S/C20H31ClN4O2.HI/c1-4-22-20(25-13-10-16(11-14-25)27-5-2)23-12-9-19(26)24-18-8-6-7-17(21)15(18)3;/h6-8,16H,4-5,9-14H2,1-3H3,(H,22,23)(H,24,26);1H. The van der Waals surface area contributed by atoms with Crippen LogP contribution in [0, 0.1) is 6.92 Å². The molecular weight excluding hydrogens is 491 g/mol. The Morgan fingerprint density at radius 2 is 2.04 bits per heavy atom. The molecule has 0 atom stereocenters. The first-order chi connectivity index (χ1) is 13.0. The number of piperidine rings is 1. The highest BCUT2D eigenvalue weighted by Crippen LogP contribution is 2.23. The number of carbonyl (C=O) groups is 1. The van der Waals surface area contributed by atoms with Crippen LogP contribution >= 0.6 is 35.6 Å². The molecule has 1 aromatic carbocycles. The van der Waals surface area contributed by atoms with Crippen LogP contribution in [0.3, 0.4) is 0 Å². The van der Waals surface area contributed by atoms with Crippen molar-refractivity contribution in [1.29, 1.82) is 0 Å². The zero-order valence-electron chi connectivity index (χ0n) is 17.0. The SMILES string of the molecule is CCNC(=NCCC(=O)Nc1cccc(Cl)c1C)N1CCC(OCC)CC1.I. The fraction of sp³-hybridized carbons (Fsp3) is 0.600. The molecule has 158 valence electrons. The van der Waals surface area contributed by atoms with Crippen molar-refractivity contribution < 1.29 is 9.53 Å². The molecule has 0 aliphatic carbocycles. The van der Waals surface area contributed by atoms with Crippen LogP contribution < -0.4 is 10.6 Å². The van der Waals surface area contributed by atoms with E-state index >= 15 is 0 Å². The molecule has 28 heavy (non-hydrogen) atoms. The second-order valence-electron chi connectivity index (χ2n) is 6.59. The van der Waals surface area contributed by atoms with Gasteiger partial charge in [-0.15, -0.1) is 24.0 Å². The van der Waals surface area contributed by atoms with Crippen LogP contribution in [0.25, 0.3) is 0 Å². The number of nitrogens with one attached hydrogen (secondary N) is 2. The van der Waals surface area contributed by atoms with Gasteiger partial charge in [0.2, 0.25) is 5.91 Å². The third kappa shape index (κ3) is 7.75. The summed E-state index contributed by atoms with van der Waals surface area (Å²) in [4.78, 5) is 19.1. The molecule has 1 fully saturated rings. The lowest BCUT2D eigenvalue weighted by Crippen LogP contribution is -2.47. The molecule has 8 heteroatoms. The maximum Gasteiger partial charge on any atom is 0.226 e. The number of rotatable bonds is 7. The van der Waals surface area contributed by atoms with Crippen LogP contribution in [-0.4, -0.2) is 55.7 Å². The largest absolute Gasteiger partial charge is 0.378 e. The maximum atomic E-state index is 12.2. The van der Waals surface area contributed by atoms with Crippen LogP contribution in [0.4, 0.5) is 5.69 Å². The number of anilines is 1. The number of ether oxygens (including phenoxy) is 1. The Kier molecular flexibility index (Phi) is 11.8. The highest BCUT2D eigenvalue weighted by molar-refractivity contribution is 14.0. The summed E-state index contributed by atoms with van der Waals surface area (Å²) in [6.45, 7) is 9.84. The fourth-order valence-corrected chi connectivity index (χ4v) is 3.29. The lowest BCUT2D eigenvalue weighted by Gasteiger charge is -2.34. The number of hydrogen-bond acceptors (Lipinski definition) is 3. The van der Waals surface area contributed by atoms with Gasteiger partial charge in [-0.25, -0.2) is 0 Å². The lowest BCUT2D eigenvalue weighted by atomic mass is 10.1.